The fraction of sp³-hybridized carbons (Fsp3) is 0.600. The van der Waals surface area contributed by atoms with Crippen LogP contribution in [0.5, 0.6) is 0 Å². The predicted molar refractivity (Wildman–Crippen MR) is 77.1 cm³/mol. The summed E-state index contributed by atoms with van der Waals surface area (Å²) in [5.74, 6) is -0.131. The van der Waals surface area contributed by atoms with E-state index in [9.17, 15) is 9.59 Å². The zero-order chi connectivity index (χ0) is 14.1. The van der Waals surface area contributed by atoms with Crippen LogP contribution in [-0.4, -0.2) is 41.5 Å². The van der Waals surface area contributed by atoms with Crippen LogP contribution < -0.4 is 10.9 Å². The Bertz CT molecular complexity index is 579. The minimum Gasteiger partial charge on any atom is -0.333 e. The van der Waals surface area contributed by atoms with Crippen molar-refractivity contribution in [2.24, 2.45) is 0 Å². The predicted octanol–water partition coefficient (Wildman–Crippen LogP) is 0.688. The zero-order valence-corrected chi connectivity index (χ0v) is 11.9. The number of aromatic amines is 1. The Kier molecular flexibility index (Phi) is 3.61. The number of nitrogens with zero attached hydrogens (tertiary/aromatic N) is 1. The fourth-order valence-corrected chi connectivity index (χ4v) is 3.13. The van der Waals surface area contributed by atoms with Crippen LogP contribution in [-0.2, 0) is 12.8 Å². The number of aryl methyl sites for hydroxylation is 2. The maximum Gasteiger partial charge on any atom is 0.261 e. The van der Waals surface area contributed by atoms with Gasteiger partial charge in [0.05, 0.1) is 0 Å². The highest BCUT2D eigenvalue weighted by atomic mass is 16.2. The number of carbonyl (C=O) groups is 1. The molecule has 1 aliphatic heterocycles. The number of aromatic nitrogens is 1. The first kappa shape index (κ1) is 13.4. The maximum atomic E-state index is 12.6. The lowest BCUT2D eigenvalue weighted by Gasteiger charge is -2.34. The SMILES string of the molecule is C[C@H]1CNCCN1C(=O)c1cc2c([nH]c1=O)CCCC2. The third-order valence-electron chi connectivity index (χ3n) is 4.33. The van der Waals surface area contributed by atoms with E-state index in [1.165, 1.54) is 0 Å². The first-order valence-corrected chi connectivity index (χ1v) is 7.43. The average Bonchev–Trinajstić information content (AvgIpc) is 2.46. The third kappa shape index (κ3) is 2.38. The van der Waals surface area contributed by atoms with Crippen LogP contribution in [0.15, 0.2) is 10.9 Å². The summed E-state index contributed by atoms with van der Waals surface area (Å²) in [6, 6.07) is 1.96. The van der Waals surface area contributed by atoms with Gasteiger partial charge in [0, 0.05) is 31.4 Å². The number of rotatable bonds is 1. The topological polar surface area (TPSA) is 65.2 Å². The monoisotopic (exact) mass is 275 g/mol. The molecule has 1 aliphatic carbocycles. The molecule has 1 saturated heterocycles. The van der Waals surface area contributed by atoms with Gasteiger partial charge in [-0.25, -0.2) is 0 Å². The Morgan fingerprint density at radius 2 is 2.15 bits per heavy atom. The van der Waals surface area contributed by atoms with Gasteiger partial charge in [-0.1, -0.05) is 0 Å². The van der Waals surface area contributed by atoms with Gasteiger partial charge in [-0.05, 0) is 44.2 Å². The molecular formula is C15H21N3O2. The Morgan fingerprint density at radius 1 is 1.35 bits per heavy atom. The second-order valence-corrected chi connectivity index (χ2v) is 5.77. The van der Waals surface area contributed by atoms with Crippen molar-refractivity contribution in [3.05, 3.63) is 33.2 Å². The average molecular weight is 275 g/mol. The van der Waals surface area contributed by atoms with Crippen molar-refractivity contribution in [3.63, 3.8) is 0 Å². The molecule has 1 fully saturated rings. The normalized spacial score (nSPS) is 22.4. The molecule has 3 rings (SSSR count). The van der Waals surface area contributed by atoms with E-state index in [-0.39, 0.29) is 17.5 Å². The van der Waals surface area contributed by atoms with Crippen molar-refractivity contribution in [2.75, 3.05) is 19.6 Å². The van der Waals surface area contributed by atoms with Gasteiger partial charge >= 0.3 is 0 Å². The van der Waals surface area contributed by atoms with Crippen molar-refractivity contribution in [3.8, 4) is 0 Å². The van der Waals surface area contributed by atoms with E-state index in [2.05, 4.69) is 10.3 Å². The van der Waals surface area contributed by atoms with Gasteiger partial charge in [0.25, 0.3) is 11.5 Å². The molecule has 2 aliphatic rings. The number of H-pyrrole nitrogens is 1. The first-order valence-electron chi connectivity index (χ1n) is 7.43. The van der Waals surface area contributed by atoms with Crippen LogP contribution in [0.1, 0.15) is 41.4 Å². The summed E-state index contributed by atoms with van der Waals surface area (Å²) in [5, 5.41) is 3.26. The van der Waals surface area contributed by atoms with Gasteiger partial charge in [-0.2, -0.15) is 0 Å². The second-order valence-electron chi connectivity index (χ2n) is 5.77. The maximum absolute atomic E-state index is 12.6. The van der Waals surface area contributed by atoms with Crippen molar-refractivity contribution < 1.29 is 4.79 Å². The van der Waals surface area contributed by atoms with E-state index in [1.54, 1.807) is 4.90 Å². The van der Waals surface area contributed by atoms with Gasteiger partial charge < -0.3 is 15.2 Å². The highest BCUT2D eigenvalue weighted by Gasteiger charge is 2.26. The number of amides is 1. The summed E-state index contributed by atoms with van der Waals surface area (Å²) in [4.78, 5) is 29.5. The zero-order valence-electron chi connectivity index (χ0n) is 11.9. The summed E-state index contributed by atoms with van der Waals surface area (Å²) in [5.41, 5.74) is 2.23. The first-order chi connectivity index (χ1) is 9.66. The lowest BCUT2D eigenvalue weighted by molar-refractivity contribution is 0.0653. The van der Waals surface area contributed by atoms with Crippen molar-refractivity contribution >= 4 is 5.91 Å². The van der Waals surface area contributed by atoms with Crippen molar-refractivity contribution in [1.82, 2.24) is 15.2 Å². The van der Waals surface area contributed by atoms with E-state index < -0.39 is 0 Å². The Morgan fingerprint density at radius 3 is 2.95 bits per heavy atom. The summed E-state index contributed by atoms with van der Waals surface area (Å²) in [6.07, 6.45) is 4.13. The standard InChI is InChI=1S/C15H21N3O2/c1-10-9-16-6-7-18(10)15(20)12-8-11-4-2-3-5-13(11)17-14(12)19/h8,10,16H,2-7,9H2,1H3,(H,17,19)/t10-/m0/s1. The lowest BCUT2D eigenvalue weighted by Crippen LogP contribution is -2.53. The molecule has 0 spiro atoms. The molecule has 108 valence electrons. The second kappa shape index (κ2) is 5.40. The number of pyridine rings is 1. The summed E-state index contributed by atoms with van der Waals surface area (Å²) in [7, 11) is 0. The van der Waals surface area contributed by atoms with E-state index in [0.29, 0.717) is 12.1 Å². The number of hydrogen-bond acceptors (Lipinski definition) is 3. The van der Waals surface area contributed by atoms with Crippen LogP contribution in [0.3, 0.4) is 0 Å². The highest BCUT2D eigenvalue weighted by Crippen LogP contribution is 2.19. The molecular weight excluding hydrogens is 254 g/mol. The minimum atomic E-state index is -0.235. The lowest BCUT2D eigenvalue weighted by atomic mass is 9.94. The van der Waals surface area contributed by atoms with E-state index >= 15 is 0 Å². The highest BCUT2D eigenvalue weighted by molar-refractivity contribution is 5.94. The van der Waals surface area contributed by atoms with Gasteiger partial charge in [0.2, 0.25) is 0 Å². The molecule has 1 atom stereocenters. The van der Waals surface area contributed by atoms with Crippen LogP contribution in [0.4, 0.5) is 0 Å². The summed E-state index contributed by atoms with van der Waals surface area (Å²) >= 11 is 0. The van der Waals surface area contributed by atoms with Crippen LogP contribution >= 0.6 is 0 Å². The van der Waals surface area contributed by atoms with Gasteiger partial charge in [0.1, 0.15) is 5.56 Å². The minimum absolute atomic E-state index is 0.131. The Balaban J connectivity index is 1.93. The molecule has 2 N–H and O–H groups in total. The molecule has 5 heteroatoms. The molecule has 0 saturated carbocycles. The molecule has 0 aromatic carbocycles. The quantitative estimate of drug-likeness (QED) is 0.792. The molecule has 1 aromatic heterocycles. The summed E-state index contributed by atoms with van der Waals surface area (Å²) in [6.45, 7) is 4.25. The van der Waals surface area contributed by atoms with Crippen molar-refractivity contribution in [2.45, 2.75) is 38.6 Å². The summed E-state index contributed by atoms with van der Waals surface area (Å²) < 4.78 is 0. The number of piperazine rings is 1. The van der Waals surface area contributed by atoms with Gasteiger partial charge in [0.15, 0.2) is 0 Å². The van der Waals surface area contributed by atoms with E-state index in [4.69, 9.17) is 0 Å². The number of carbonyl (C=O) groups excluding carboxylic acids is 1. The molecule has 20 heavy (non-hydrogen) atoms. The smallest absolute Gasteiger partial charge is 0.261 e. The largest absolute Gasteiger partial charge is 0.333 e. The van der Waals surface area contributed by atoms with E-state index in [0.717, 1.165) is 50.0 Å². The molecule has 0 radical (unpaired) electrons. The third-order valence-corrected chi connectivity index (χ3v) is 4.33. The van der Waals surface area contributed by atoms with Crippen LogP contribution in [0.2, 0.25) is 0 Å². The molecule has 0 unspecified atom stereocenters. The molecule has 2 heterocycles. The van der Waals surface area contributed by atoms with Gasteiger partial charge in [-0.15, -0.1) is 0 Å². The van der Waals surface area contributed by atoms with E-state index in [1.807, 2.05) is 13.0 Å². The Hall–Kier alpha value is -1.62. The molecule has 1 amide bonds. The molecule has 0 bridgehead atoms. The number of fused-ring (bicyclic) bond motifs is 1. The van der Waals surface area contributed by atoms with Crippen LogP contribution in [0, 0.1) is 0 Å². The number of nitrogens with one attached hydrogen (secondary N) is 2. The fourth-order valence-electron chi connectivity index (χ4n) is 3.13. The Labute approximate surface area is 118 Å². The molecule has 1 aromatic rings. The van der Waals surface area contributed by atoms with Crippen LogP contribution in [0.25, 0.3) is 0 Å². The number of hydrogen-bond donors (Lipinski definition) is 2. The van der Waals surface area contributed by atoms with Crippen molar-refractivity contribution in [1.29, 1.82) is 0 Å². The van der Waals surface area contributed by atoms with Gasteiger partial charge in [-0.3, -0.25) is 9.59 Å². The molecule has 5 nitrogen and oxygen atoms in total.